The largest absolute Gasteiger partial charge is 0.384 e. The van der Waals surface area contributed by atoms with Gasteiger partial charge in [0.05, 0.1) is 12.0 Å². The molecule has 0 aromatic heterocycles. The van der Waals surface area contributed by atoms with E-state index >= 15 is 0 Å². The van der Waals surface area contributed by atoms with Crippen molar-refractivity contribution in [2.75, 3.05) is 33.4 Å². The lowest BCUT2D eigenvalue weighted by molar-refractivity contribution is -0.143. The van der Waals surface area contributed by atoms with Gasteiger partial charge in [-0.05, 0) is 31.6 Å². The lowest BCUT2D eigenvalue weighted by atomic mass is 9.83. The van der Waals surface area contributed by atoms with Crippen LogP contribution in [0.25, 0.3) is 0 Å². The maximum Gasteiger partial charge on any atom is 0.230 e. The van der Waals surface area contributed by atoms with E-state index in [-0.39, 0.29) is 5.41 Å². The maximum absolute atomic E-state index is 12.7. The second-order valence-electron chi connectivity index (χ2n) is 5.91. The molecule has 1 aliphatic carbocycles. The molecule has 1 heterocycles. The first kappa shape index (κ1) is 13.8. The normalized spacial score (nSPS) is 27.4. The molecule has 1 unspecified atom stereocenters. The number of rotatable bonds is 4. The molecular formula is C14H26N2O2. The highest BCUT2D eigenvalue weighted by molar-refractivity contribution is 5.83. The van der Waals surface area contributed by atoms with Crippen LogP contribution in [0.1, 0.15) is 38.5 Å². The maximum atomic E-state index is 12.7. The van der Waals surface area contributed by atoms with Gasteiger partial charge in [0.2, 0.25) is 5.91 Å². The zero-order valence-corrected chi connectivity index (χ0v) is 11.5. The van der Waals surface area contributed by atoms with Gasteiger partial charge in [0.25, 0.3) is 0 Å². The van der Waals surface area contributed by atoms with E-state index in [4.69, 9.17) is 10.5 Å². The molecule has 0 aromatic carbocycles. The Morgan fingerprint density at radius 1 is 1.39 bits per heavy atom. The predicted octanol–water partition coefficient (Wildman–Crippen LogP) is 1.39. The molecule has 0 radical (unpaired) electrons. The molecule has 1 amide bonds. The SMILES string of the molecule is COCC1CCCN(C(=O)C2(CN)CCCC2)C1. The molecule has 1 saturated heterocycles. The van der Waals surface area contributed by atoms with Crippen molar-refractivity contribution in [3.8, 4) is 0 Å². The number of hydrogen-bond acceptors (Lipinski definition) is 3. The Kier molecular flexibility index (Phi) is 4.62. The zero-order chi connectivity index (χ0) is 13.0. The molecule has 1 saturated carbocycles. The molecule has 2 N–H and O–H groups in total. The van der Waals surface area contributed by atoms with Gasteiger partial charge in [0.1, 0.15) is 0 Å². The first-order chi connectivity index (χ1) is 8.72. The average Bonchev–Trinajstić information content (AvgIpc) is 2.88. The summed E-state index contributed by atoms with van der Waals surface area (Å²) >= 11 is 0. The van der Waals surface area contributed by atoms with Gasteiger partial charge in [-0.25, -0.2) is 0 Å². The smallest absolute Gasteiger partial charge is 0.230 e. The Labute approximate surface area is 110 Å². The number of carbonyl (C=O) groups excluding carboxylic acids is 1. The Morgan fingerprint density at radius 3 is 2.72 bits per heavy atom. The fourth-order valence-corrected chi connectivity index (χ4v) is 3.51. The molecule has 2 fully saturated rings. The molecule has 18 heavy (non-hydrogen) atoms. The number of likely N-dealkylation sites (tertiary alicyclic amines) is 1. The Balaban J connectivity index is 1.99. The molecule has 1 aliphatic heterocycles. The minimum absolute atomic E-state index is 0.241. The van der Waals surface area contributed by atoms with Gasteiger partial charge in [0, 0.05) is 26.7 Å². The van der Waals surface area contributed by atoms with E-state index in [9.17, 15) is 4.79 Å². The molecule has 0 bridgehead atoms. The number of methoxy groups -OCH3 is 1. The summed E-state index contributed by atoms with van der Waals surface area (Å²) in [5.41, 5.74) is 5.66. The average molecular weight is 254 g/mol. The highest BCUT2D eigenvalue weighted by Crippen LogP contribution is 2.39. The third kappa shape index (κ3) is 2.69. The van der Waals surface area contributed by atoms with E-state index in [1.165, 1.54) is 6.42 Å². The van der Waals surface area contributed by atoms with Gasteiger partial charge >= 0.3 is 0 Å². The van der Waals surface area contributed by atoms with Gasteiger partial charge in [0.15, 0.2) is 0 Å². The van der Waals surface area contributed by atoms with Crippen molar-refractivity contribution in [3.05, 3.63) is 0 Å². The lowest BCUT2D eigenvalue weighted by Gasteiger charge is -2.38. The van der Waals surface area contributed by atoms with Crippen molar-refractivity contribution < 1.29 is 9.53 Å². The fourth-order valence-electron chi connectivity index (χ4n) is 3.51. The summed E-state index contributed by atoms with van der Waals surface area (Å²) in [5, 5.41) is 0. The highest BCUT2D eigenvalue weighted by atomic mass is 16.5. The zero-order valence-electron chi connectivity index (χ0n) is 11.5. The van der Waals surface area contributed by atoms with Crippen molar-refractivity contribution >= 4 is 5.91 Å². The van der Waals surface area contributed by atoms with Crippen LogP contribution in [0.15, 0.2) is 0 Å². The number of nitrogens with two attached hydrogens (primary N) is 1. The molecule has 4 heteroatoms. The summed E-state index contributed by atoms with van der Waals surface area (Å²) in [5.74, 6) is 0.812. The molecule has 0 aromatic rings. The van der Waals surface area contributed by atoms with Crippen LogP contribution < -0.4 is 5.73 Å². The third-order valence-corrected chi connectivity index (χ3v) is 4.61. The number of carbonyl (C=O) groups is 1. The van der Waals surface area contributed by atoms with Crippen molar-refractivity contribution in [3.63, 3.8) is 0 Å². The molecule has 1 atom stereocenters. The summed E-state index contributed by atoms with van der Waals surface area (Å²) in [4.78, 5) is 14.8. The van der Waals surface area contributed by atoms with Gasteiger partial charge in [-0.2, -0.15) is 0 Å². The van der Waals surface area contributed by atoms with Crippen molar-refractivity contribution in [1.29, 1.82) is 0 Å². The van der Waals surface area contributed by atoms with Crippen LogP contribution in [-0.4, -0.2) is 44.2 Å². The van der Waals surface area contributed by atoms with E-state index in [0.29, 0.717) is 18.4 Å². The minimum atomic E-state index is -0.241. The molecule has 104 valence electrons. The number of hydrogen-bond donors (Lipinski definition) is 1. The summed E-state index contributed by atoms with van der Waals surface area (Å²) in [6.07, 6.45) is 6.53. The van der Waals surface area contributed by atoms with Crippen LogP contribution in [0.3, 0.4) is 0 Å². The number of nitrogens with zero attached hydrogens (tertiary/aromatic N) is 1. The van der Waals surface area contributed by atoms with E-state index in [2.05, 4.69) is 0 Å². The van der Waals surface area contributed by atoms with Gasteiger partial charge in [-0.1, -0.05) is 12.8 Å². The van der Waals surface area contributed by atoms with E-state index in [0.717, 1.165) is 51.8 Å². The Bertz CT molecular complexity index is 286. The molecule has 2 aliphatic rings. The molecule has 2 rings (SSSR count). The molecule has 4 nitrogen and oxygen atoms in total. The number of ether oxygens (including phenoxy) is 1. The number of piperidine rings is 1. The topological polar surface area (TPSA) is 55.6 Å². The van der Waals surface area contributed by atoms with E-state index < -0.39 is 0 Å². The van der Waals surface area contributed by atoms with Crippen LogP contribution >= 0.6 is 0 Å². The van der Waals surface area contributed by atoms with Crippen LogP contribution in [0.4, 0.5) is 0 Å². The predicted molar refractivity (Wildman–Crippen MR) is 71.1 cm³/mol. The lowest BCUT2D eigenvalue weighted by Crippen LogP contribution is -2.50. The van der Waals surface area contributed by atoms with Gasteiger partial charge in [-0.15, -0.1) is 0 Å². The third-order valence-electron chi connectivity index (χ3n) is 4.61. The van der Waals surface area contributed by atoms with Gasteiger partial charge < -0.3 is 15.4 Å². The first-order valence-corrected chi connectivity index (χ1v) is 7.20. The molecule has 0 spiro atoms. The van der Waals surface area contributed by atoms with E-state index in [1.54, 1.807) is 7.11 Å². The van der Waals surface area contributed by atoms with Crippen molar-refractivity contribution in [1.82, 2.24) is 4.90 Å². The quantitative estimate of drug-likeness (QED) is 0.825. The Morgan fingerprint density at radius 2 is 2.11 bits per heavy atom. The van der Waals surface area contributed by atoms with Crippen LogP contribution in [0, 0.1) is 11.3 Å². The fraction of sp³-hybridized carbons (Fsp3) is 0.929. The monoisotopic (exact) mass is 254 g/mol. The second-order valence-corrected chi connectivity index (χ2v) is 5.91. The summed E-state index contributed by atoms with van der Waals surface area (Å²) in [6.45, 7) is 3.03. The van der Waals surface area contributed by atoms with Crippen molar-refractivity contribution in [2.45, 2.75) is 38.5 Å². The summed E-state index contributed by atoms with van der Waals surface area (Å²) in [6, 6.07) is 0. The number of amides is 1. The minimum Gasteiger partial charge on any atom is -0.384 e. The van der Waals surface area contributed by atoms with Crippen LogP contribution in [0.5, 0.6) is 0 Å². The second kappa shape index (κ2) is 6.02. The summed E-state index contributed by atoms with van der Waals surface area (Å²) < 4.78 is 5.22. The van der Waals surface area contributed by atoms with Crippen LogP contribution in [-0.2, 0) is 9.53 Å². The highest BCUT2D eigenvalue weighted by Gasteiger charge is 2.43. The Hall–Kier alpha value is -0.610. The summed E-state index contributed by atoms with van der Waals surface area (Å²) in [7, 11) is 1.74. The standard InChI is InChI=1S/C14H26N2O2/c1-18-10-12-5-4-8-16(9-12)13(17)14(11-15)6-2-3-7-14/h12H,2-11,15H2,1H3. The van der Waals surface area contributed by atoms with Crippen LogP contribution in [0.2, 0.25) is 0 Å². The van der Waals surface area contributed by atoms with Gasteiger partial charge in [-0.3, -0.25) is 4.79 Å². The van der Waals surface area contributed by atoms with Crippen molar-refractivity contribution in [2.24, 2.45) is 17.1 Å². The van der Waals surface area contributed by atoms with E-state index in [1.807, 2.05) is 4.90 Å². The molecular weight excluding hydrogens is 228 g/mol. The first-order valence-electron chi connectivity index (χ1n) is 7.20.